The SMILES string of the molecule is CCCCOc1ccc(CC(C#N)C2CCC(CCCC)CC2)cc1. The third-order valence-electron chi connectivity index (χ3n) is 5.74. The zero-order valence-corrected chi connectivity index (χ0v) is 16.2. The maximum absolute atomic E-state index is 9.67. The molecule has 0 bridgehead atoms. The van der Waals surface area contributed by atoms with Crippen molar-refractivity contribution >= 4 is 0 Å². The third-order valence-corrected chi connectivity index (χ3v) is 5.74. The molecule has 2 rings (SSSR count). The molecular formula is C23H35NO. The molecule has 1 aromatic carbocycles. The van der Waals surface area contributed by atoms with E-state index in [1.54, 1.807) is 0 Å². The molecule has 0 radical (unpaired) electrons. The Kier molecular flexibility index (Phi) is 8.87. The van der Waals surface area contributed by atoms with Gasteiger partial charge in [0, 0.05) is 0 Å². The lowest BCUT2D eigenvalue weighted by Crippen LogP contribution is -2.22. The van der Waals surface area contributed by atoms with Crippen LogP contribution in [0.15, 0.2) is 24.3 Å². The van der Waals surface area contributed by atoms with Gasteiger partial charge in [-0.1, -0.05) is 64.5 Å². The molecule has 0 N–H and O–H groups in total. The van der Waals surface area contributed by atoms with Crippen molar-refractivity contribution in [2.45, 2.75) is 78.1 Å². The minimum atomic E-state index is 0.166. The highest BCUT2D eigenvalue weighted by atomic mass is 16.5. The van der Waals surface area contributed by atoms with Crippen LogP contribution >= 0.6 is 0 Å². The van der Waals surface area contributed by atoms with E-state index in [4.69, 9.17) is 4.74 Å². The van der Waals surface area contributed by atoms with Crippen LogP contribution in [-0.4, -0.2) is 6.61 Å². The van der Waals surface area contributed by atoms with Crippen molar-refractivity contribution in [1.29, 1.82) is 5.26 Å². The first-order valence-electron chi connectivity index (χ1n) is 10.4. The van der Waals surface area contributed by atoms with Gasteiger partial charge in [0.25, 0.3) is 0 Å². The van der Waals surface area contributed by atoms with Gasteiger partial charge >= 0.3 is 0 Å². The number of nitrogens with zero attached hydrogens (tertiary/aromatic N) is 1. The molecule has 25 heavy (non-hydrogen) atoms. The molecule has 1 aliphatic rings. The van der Waals surface area contributed by atoms with Gasteiger partial charge in [-0.05, 0) is 55.2 Å². The fraction of sp³-hybridized carbons (Fsp3) is 0.696. The first kappa shape index (κ1) is 19.8. The van der Waals surface area contributed by atoms with Crippen molar-refractivity contribution in [2.24, 2.45) is 17.8 Å². The molecule has 1 atom stereocenters. The Morgan fingerprint density at radius 3 is 2.32 bits per heavy atom. The van der Waals surface area contributed by atoms with Gasteiger partial charge in [-0.3, -0.25) is 0 Å². The third kappa shape index (κ3) is 6.73. The predicted molar refractivity (Wildman–Crippen MR) is 105 cm³/mol. The summed E-state index contributed by atoms with van der Waals surface area (Å²) in [4.78, 5) is 0. The van der Waals surface area contributed by atoms with Crippen LogP contribution in [0.2, 0.25) is 0 Å². The van der Waals surface area contributed by atoms with Crippen LogP contribution in [0.3, 0.4) is 0 Å². The molecule has 2 nitrogen and oxygen atoms in total. The number of rotatable bonds is 10. The highest BCUT2D eigenvalue weighted by Gasteiger charge is 2.27. The summed E-state index contributed by atoms with van der Waals surface area (Å²) < 4.78 is 5.73. The van der Waals surface area contributed by atoms with Crippen molar-refractivity contribution in [1.82, 2.24) is 0 Å². The standard InChI is InChI=1S/C23H35NO/c1-3-5-7-19-8-12-21(13-9-19)22(18-24)17-20-10-14-23(15-11-20)25-16-6-4-2/h10-11,14-15,19,21-22H,3-9,12-13,16-17H2,1-2H3. The Bertz CT molecular complexity index is 508. The smallest absolute Gasteiger partial charge is 0.119 e. The van der Waals surface area contributed by atoms with Crippen molar-refractivity contribution in [3.05, 3.63) is 29.8 Å². The number of benzene rings is 1. The zero-order valence-electron chi connectivity index (χ0n) is 16.2. The van der Waals surface area contributed by atoms with Crippen LogP contribution in [0.1, 0.15) is 77.2 Å². The number of unbranched alkanes of at least 4 members (excludes halogenated alkanes) is 2. The lowest BCUT2D eigenvalue weighted by molar-refractivity contribution is 0.221. The molecule has 1 fully saturated rings. The topological polar surface area (TPSA) is 33.0 Å². The fourth-order valence-electron chi connectivity index (χ4n) is 4.00. The summed E-state index contributed by atoms with van der Waals surface area (Å²) in [5.74, 6) is 2.61. The Morgan fingerprint density at radius 1 is 1.04 bits per heavy atom. The van der Waals surface area contributed by atoms with Gasteiger partial charge in [0.1, 0.15) is 5.75 Å². The summed E-state index contributed by atoms with van der Waals surface area (Å²) in [5.41, 5.74) is 1.27. The zero-order chi connectivity index (χ0) is 17.9. The van der Waals surface area contributed by atoms with Crippen molar-refractivity contribution in [3.8, 4) is 11.8 Å². The predicted octanol–water partition coefficient (Wildman–Crippen LogP) is 6.54. The van der Waals surface area contributed by atoms with Gasteiger partial charge in [-0.2, -0.15) is 5.26 Å². The van der Waals surface area contributed by atoms with Crippen LogP contribution in [-0.2, 0) is 6.42 Å². The van der Waals surface area contributed by atoms with Crippen LogP contribution in [0, 0.1) is 29.1 Å². The molecule has 0 amide bonds. The average molecular weight is 342 g/mol. The lowest BCUT2D eigenvalue weighted by atomic mass is 9.73. The first-order chi connectivity index (χ1) is 12.3. The summed E-state index contributed by atoms with van der Waals surface area (Å²) in [7, 11) is 0. The summed E-state index contributed by atoms with van der Waals surface area (Å²) in [6.45, 7) is 5.24. The number of hydrogen-bond acceptors (Lipinski definition) is 2. The summed E-state index contributed by atoms with van der Waals surface area (Å²) >= 11 is 0. The van der Waals surface area contributed by atoms with E-state index in [2.05, 4.69) is 44.2 Å². The van der Waals surface area contributed by atoms with Crippen LogP contribution in [0.5, 0.6) is 5.75 Å². The maximum Gasteiger partial charge on any atom is 0.119 e. The van der Waals surface area contributed by atoms with E-state index < -0.39 is 0 Å². The Balaban J connectivity index is 1.81. The van der Waals surface area contributed by atoms with E-state index in [-0.39, 0.29) is 5.92 Å². The van der Waals surface area contributed by atoms with Crippen molar-refractivity contribution in [3.63, 3.8) is 0 Å². The normalized spacial score (nSPS) is 21.5. The second-order valence-corrected chi connectivity index (χ2v) is 7.71. The molecule has 1 unspecified atom stereocenters. The highest BCUT2D eigenvalue weighted by molar-refractivity contribution is 5.28. The maximum atomic E-state index is 9.67. The quantitative estimate of drug-likeness (QED) is 0.452. The molecule has 2 heteroatoms. The fourth-order valence-corrected chi connectivity index (χ4v) is 4.00. The molecular weight excluding hydrogens is 306 g/mol. The van der Waals surface area contributed by atoms with Gasteiger partial charge in [-0.15, -0.1) is 0 Å². The van der Waals surface area contributed by atoms with Gasteiger partial charge in [0.05, 0.1) is 18.6 Å². The minimum absolute atomic E-state index is 0.166. The van der Waals surface area contributed by atoms with E-state index >= 15 is 0 Å². The van der Waals surface area contributed by atoms with E-state index in [1.807, 2.05) is 0 Å². The lowest BCUT2D eigenvalue weighted by Gasteiger charge is -2.31. The van der Waals surface area contributed by atoms with E-state index in [1.165, 1.54) is 50.5 Å². The molecule has 1 aromatic rings. The van der Waals surface area contributed by atoms with E-state index in [0.717, 1.165) is 37.5 Å². The summed E-state index contributed by atoms with van der Waals surface area (Å²) in [6, 6.07) is 11.0. The second-order valence-electron chi connectivity index (χ2n) is 7.71. The van der Waals surface area contributed by atoms with Crippen molar-refractivity contribution < 1.29 is 4.74 Å². The number of ether oxygens (including phenoxy) is 1. The van der Waals surface area contributed by atoms with E-state index in [0.29, 0.717) is 5.92 Å². The minimum Gasteiger partial charge on any atom is -0.494 e. The first-order valence-corrected chi connectivity index (χ1v) is 10.4. The van der Waals surface area contributed by atoms with Crippen LogP contribution < -0.4 is 4.74 Å². The number of hydrogen-bond donors (Lipinski definition) is 0. The molecule has 0 spiro atoms. The molecule has 1 saturated carbocycles. The van der Waals surface area contributed by atoms with Gasteiger partial charge in [-0.25, -0.2) is 0 Å². The monoisotopic (exact) mass is 341 g/mol. The highest BCUT2D eigenvalue weighted by Crippen LogP contribution is 2.36. The largest absolute Gasteiger partial charge is 0.494 e. The van der Waals surface area contributed by atoms with Crippen LogP contribution in [0.25, 0.3) is 0 Å². The molecule has 0 saturated heterocycles. The summed E-state index contributed by atoms with van der Waals surface area (Å²) in [6.07, 6.45) is 12.3. The Morgan fingerprint density at radius 2 is 1.72 bits per heavy atom. The number of nitriles is 1. The van der Waals surface area contributed by atoms with Gasteiger partial charge in [0.2, 0.25) is 0 Å². The van der Waals surface area contributed by atoms with Gasteiger partial charge < -0.3 is 4.74 Å². The molecule has 1 aliphatic carbocycles. The molecule has 0 heterocycles. The van der Waals surface area contributed by atoms with Crippen molar-refractivity contribution in [2.75, 3.05) is 6.61 Å². The van der Waals surface area contributed by atoms with Crippen LogP contribution in [0.4, 0.5) is 0 Å². The molecule has 138 valence electrons. The average Bonchev–Trinajstić information content (AvgIpc) is 2.66. The molecule has 0 aromatic heterocycles. The Labute approximate surface area is 154 Å². The summed E-state index contributed by atoms with van der Waals surface area (Å²) in [5, 5.41) is 9.67. The molecule has 0 aliphatic heterocycles. The van der Waals surface area contributed by atoms with Gasteiger partial charge in [0.15, 0.2) is 0 Å². The van der Waals surface area contributed by atoms with E-state index in [9.17, 15) is 5.26 Å². The Hall–Kier alpha value is -1.49. The second kappa shape index (κ2) is 11.2.